The molecule has 9 heteroatoms. The van der Waals surface area contributed by atoms with Crippen molar-refractivity contribution in [2.24, 2.45) is 17.6 Å². The van der Waals surface area contributed by atoms with Gasteiger partial charge in [0.1, 0.15) is 17.3 Å². The number of carbonyl (C=O) groups is 3. The van der Waals surface area contributed by atoms with Crippen molar-refractivity contribution in [1.29, 1.82) is 0 Å². The Morgan fingerprint density at radius 1 is 1.17 bits per heavy atom. The molecule has 0 radical (unpaired) electrons. The molecule has 2 heterocycles. The number of carbonyl (C=O) groups excluding carboxylic acids is 2. The van der Waals surface area contributed by atoms with E-state index < -0.39 is 46.8 Å². The third-order valence-electron chi connectivity index (χ3n) is 7.93. The van der Waals surface area contributed by atoms with Gasteiger partial charge in [-0.05, 0) is 57.6 Å². The van der Waals surface area contributed by atoms with E-state index in [0.29, 0.717) is 5.52 Å². The van der Waals surface area contributed by atoms with Crippen molar-refractivity contribution in [2.75, 3.05) is 0 Å². The summed E-state index contributed by atoms with van der Waals surface area (Å²) in [6, 6.07) is 6.47. The minimum Gasteiger partial charge on any atom is -0.476 e. The standard InChI is InChI=1S/C27H36FN3O5/c1-5-27(24(29)34)18(16-11-7-6-8-12-16)15-20(31(27)25(35)36-26(2,3)4)30-19-14-10-9-13-17(19)21(28)22(30)23(32)33/h9-10,13-14,16,18,20H,5-8,11-12,15H2,1-4H3,(H2,29,34)(H,32,33)/t18-,20?,27-/m0/s1. The number of nitrogens with zero attached hydrogens (tertiary/aromatic N) is 2. The number of likely N-dealkylation sites (tertiary alicyclic amines) is 1. The predicted molar refractivity (Wildman–Crippen MR) is 133 cm³/mol. The number of halogens is 1. The van der Waals surface area contributed by atoms with Crippen LogP contribution in [0.2, 0.25) is 0 Å². The number of nitrogens with two attached hydrogens (primary N) is 1. The molecule has 4 rings (SSSR count). The number of aromatic nitrogens is 1. The Bertz CT molecular complexity index is 1180. The lowest BCUT2D eigenvalue weighted by molar-refractivity contribution is -0.134. The largest absolute Gasteiger partial charge is 0.476 e. The van der Waals surface area contributed by atoms with Crippen molar-refractivity contribution >= 4 is 28.9 Å². The molecule has 1 saturated carbocycles. The van der Waals surface area contributed by atoms with Gasteiger partial charge in [0.05, 0.1) is 5.52 Å². The Labute approximate surface area is 210 Å². The zero-order valence-corrected chi connectivity index (χ0v) is 21.4. The van der Waals surface area contributed by atoms with Crippen molar-refractivity contribution < 1.29 is 28.6 Å². The fraction of sp³-hybridized carbons (Fsp3) is 0.593. The van der Waals surface area contributed by atoms with Gasteiger partial charge in [0.2, 0.25) is 5.91 Å². The molecule has 1 saturated heterocycles. The van der Waals surface area contributed by atoms with Crippen LogP contribution in [0.15, 0.2) is 24.3 Å². The average Bonchev–Trinajstić information content (AvgIpc) is 3.32. The van der Waals surface area contributed by atoms with E-state index in [4.69, 9.17) is 10.5 Å². The smallest absolute Gasteiger partial charge is 0.412 e. The van der Waals surface area contributed by atoms with Crippen LogP contribution in [-0.4, -0.2) is 43.7 Å². The summed E-state index contributed by atoms with van der Waals surface area (Å²) in [6.07, 6.45) is 3.71. The van der Waals surface area contributed by atoms with Gasteiger partial charge in [0, 0.05) is 5.39 Å². The van der Waals surface area contributed by atoms with Crippen molar-refractivity contribution in [2.45, 2.75) is 89.9 Å². The van der Waals surface area contributed by atoms with Crippen LogP contribution in [0.3, 0.4) is 0 Å². The van der Waals surface area contributed by atoms with Gasteiger partial charge in [-0.1, -0.05) is 51.2 Å². The molecule has 1 aromatic carbocycles. The number of ether oxygens (including phenoxy) is 1. The van der Waals surface area contributed by atoms with E-state index in [-0.39, 0.29) is 30.1 Å². The first-order valence-corrected chi connectivity index (χ1v) is 12.8. The molecule has 3 atom stereocenters. The van der Waals surface area contributed by atoms with Crippen LogP contribution in [0.5, 0.6) is 0 Å². The van der Waals surface area contributed by atoms with E-state index in [1.807, 2.05) is 6.92 Å². The number of aromatic carboxylic acids is 1. The molecule has 2 amide bonds. The molecule has 3 N–H and O–H groups in total. The fourth-order valence-electron chi connectivity index (χ4n) is 6.55. The maximum absolute atomic E-state index is 15.4. The number of amides is 2. The molecule has 196 valence electrons. The SMILES string of the molecule is CC[C@@]1(C(N)=O)[C@H](C2CCCCC2)CC(n2c(C(=O)O)c(F)c3ccccc32)N1C(=O)OC(C)(C)C. The Balaban J connectivity index is 1.99. The van der Waals surface area contributed by atoms with Crippen molar-refractivity contribution in [3.05, 3.63) is 35.8 Å². The normalized spacial score (nSPS) is 25.3. The van der Waals surface area contributed by atoms with Gasteiger partial charge in [-0.3, -0.25) is 9.69 Å². The van der Waals surface area contributed by atoms with Crippen LogP contribution in [0.1, 0.15) is 89.3 Å². The lowest BCUT2D eigenvalue weighted by Gasteiger charge is -2.44. The topological polar surface area (TPSA) is 115 Å². The first-order valence-electron chi connectivity index (χ1n) is 12.8. The summed E-state index contributed by atoms with van der Waals surface area (Å²) >= 11 is 0. The number of carboxylic acids is 1. The molecule has 1 aliphatic heterocycles. The van der Waals surface area contributed by atoms with Crippen molar-refractivity contribution in [3.63, 3.8) is 0 Å². The molecule has 2 aliphatic rings. The summed E-state index contributed by atoms with van der Waals surface area (Å²) in [4.78, 5) is 40.8. The molecule has 1 aliphatic carbocycles. The number of hydrogen-bond acceptors (Lipinski definition) is 4. The summed E-state index contributed by atoms with van der Waals surface area (Å²) in [5.41, 5.74) is 3.62. The van der Waals surface area contributed by atoms with E-state index in [1.54, 1.807) is 39.0 Å². The second kappa shape index (κ2) is 9.41. The van der Waals surface area contributed by atoms with Gasteiger partial charge in [-0.25, -0.2) is 14.0 Å². The van der Waals surface area contributed by atoms with E-state index >= 15 is 4.39 Å². The molecule has 8 nitrogen and oxygen atoms in total. The van der Waals surface area contributed by atoms with Crippen LogP contribution in [0, 0.1) is 17.7 Å². The highest BCUT2D eigenvalue weighted by atomic mass is 19.1. The highest BCUT2D eigenvalue weighted by molar-refractivity contribution is 5.96. The van der Waals surface area contributed by atoms with Gasteiger partial charge in [0.25, 0.3) is 0 Å². The lowest BCUT2D eigenvalue weighted by atomic mass is 9.69. The molecule has 1 aromatic heterocycles. The molecule has 1 unspecified atom stereocenters. The second-order valence-corrected chi connectivity index (χ2v) is 11.1. The first-order chi connectivity index (χ1) is 16.9. The quantitative estimate of drug-likeness (QED) is 0.565. The molecule has 36 heavy (non-hydrogen) atoms. The third-order valence-corrected chi connectivity index (χ3v) is 7.93. The first kappa shape index (κ1) is 26.0. The van der Waals surface area contributed by atoms with E-state index in [1.165, 1.54) is 15.5 Å². The van der Waals surface area contributed by atoms with Crippen molar-refractivity contribution in [1.82, 2.24) is 9.47 Å². The van der Waals surface area contributed by atoms with Crippen LogP contribution in [-0.2, 0) is 9.53 Å². The number of fused-ring (bicyclic) bond motifs is 1. The second-order valence-electron chi connectivity index (χ2n) is 11.1. The minimum absolute atomic E-state index is 0.126. The highest BCUT2D eigenvalue weighted by Crippen LogP contribution is 2.54. The molecule has 0 bridgehead atoms. The Kier molecular flexibility index (Phi) is 6.79. The van der Waals surface area contributed by atoms with Crippen molar-refractivity contribution in [3.8, 4) is 0 Å². The summed E-state index contributed by atoms with van der Waals surface area (Å²) in [7, 11) is 0. The number of primary amides is 1. The van der Waals surface area contributed by atoms with Gasteiger partial charge in [-0.2, -0.15) is 0 Å². The highest BCUT2D eigenvalue weighted by Gasteiger charge is 2.62. The van der Waals surface area contributed by atoms with Crippen LogP contribution < -0.4 is 5.73 Å². The van der Waals surface area contributed by atoms with E-state index in [9.17, 15) is 19.5 Å². The van der Waals surface area contributed by atoms with E-state index in [0.717, 1.165) is 32.1 Å². The van der Waals surface area contributed by atoms with Crippen LogP contribution >= 0.6 is 0 Å². The summed E-state index contributed by atoms with van der Waals surface area (Å²) < 4.78 is 22.6. The number of para-hydroxylation sites is 1. The van der Waals surface area contributed by atoms with Gasteiger partial charge < -0.3 is 20.1 Å². The maximum atomic E-state index is 15.4. The monoisotopic (exact) mass is 501 g/mol. The van der Waals surface area contributed by atoms with Crippen LogP contribution in [0.25, 0.3) is 10.9 Å². The maximum Gasteiger partial charge on any atom is 0.412 e. The minimum atomic E-state index is -1.45. The molecular weight excluding hydrogens is 465 g/mol. The Morgan fingerprint density at radius 2 is 1.81 bits per heavy atom. The summed E-state index contributed by atoms with van der Waals surface area (Å²) in [5, 5.41) is 10.2. The Morgan fingerprint density at radius 3 is 2.36 bits per heavy atom. The number of rotatable bonds is 5. The van der Waals surface area contributed by atoms with Gasteiger partial charge >= 0.3 is 12.1 Å². The van der Waals surface area contributed by atoms with E-state index in [2.05, 4.69) is 0 Å². The summed E-state index contributed by atoms with van der Waals surface area (Å²) in [5.74, 6) is -3.16. The Hall–Kier alpha value is -3.10. The predicted octanol–water partition coefficient (Wildman–Crippen LogP) is 5.45. The molecule has 0 spiro atoms. The van der Waals surface area contributed by atoms with Gasteiger partial charge in [-0.15, -0.1) is 0 Å². The molecular formula is C27H36FN3O5. The zero-order valence-electron chi connectivity index (χ0n) is 21.4. The lowest BCUT2D eigenvalue weighted by Crippen LogP contribution is -2.61. The molecule has 2 fully saturated rings. The third kappa shape index (κ3) is 4.12. The zero-order chi connectivity index (χ0) is 26.4. The van der Waals surface area contributed by atoms with Crippen LogP contribution in [0.4, 0.5) is 9.18 Å². The average molecular weight is 502 g/mol. The summed E-state index contributed by atoms with van der Waals surface area (Å²) in [6.45, 7) is 6.98. The van der Waals surface area contributed by atoms with Gasteiger partial charge in [0.15, 0.2) is 11.5 Å². The number of carboxylic acid groups (broad SMARTS) is 1. The number of benzene rings is 1. The molecule has 2 aromatic rings. The fourth-order valence-corrected chi connectivity index (χ4v) is 6.55. The number of hydrogen-bond donors (Lipinski definition) is 2.